The molecule has 5 heteroatoms. The highest BCUT2D eigenvalue weighted by molar-refractivity contribution is 5.74. The van der Waals surface area contributed by atoms with Crippen molar-refractivity contribution >= 4 is 17.3 Å². The monoisotopic (exact) mass is 235 g/mol. The Kier molecular flexibility index (Phi) is 3.66. The van der Waals surface area contributed by atoms with Gasteiger partial charge in [0.05, 0.1) is 0 Å². The number of nitrogens with zero attached hydrogens (tertiary/aromatic N) is 3. The van der Waals surface area contributed by atoms with Gasteiger partial charge in [-0.25, -0.2) is 9.97 Å². The van der Waals surface area contributed by atoms with Crippen molar-refractivity contribution in [1.82, 2.24) is 9.97 Å². The zero-order chi connectivity index (χ0) is 12.3. The Balaban J connectivity index is 2.17. The fourth-order valence-electron chi connectivity index (χ4n) is 2.17. The van der Waals surface area contributed by atoms with Crippen LogP contribution in [0.4, 0.5) is 17.3 Å². The van der Waals surface area contributed by atoms with Gasteiger partial charge in [-0.3, -0.25) is 0 Å². The first-order valence-electron chi connectivity index (χ1n) is 6.31. The van der Waals surface area contributed by atoms with Crippen molar-refractivity contribution in [2.45, 2.75) is 26.7 Å². The van der Waals surface area contributed by atoms with Crippen molar-refractivity contribution in [3.8, 4) is 0 Å². The summed E-state index contributed by atoms with van der Waals surface area (Å²) in [6.45, 7) is 7.22. The third-order valence-corrected chi connectivity index (χ3v) is 3.29. The minimum Gasteiger partial charge on any atom is -0.393 e. The first-order chi connectivity index (χ1) is 8.22. The molecule has 0 atom stereocenters. The molecule has 0 radical (unpaired) electrons. The Morgan fingerprint density at radius 3 is 2.76 bits per heavy atom. The smallest absolute Gasteiger partial charge is 0.157 e. The van der Waals surface area contributed by atoms with Crippen molar-refractivity contribution in [3.05, 3.63) is 6.33 Å². The lowest BCUT2D eigenvalue weighted by Gasteiger charge is -2.32. The van der Waals surface area contributed by atoms with E-state index in [2.05, 4.69) is 27.1 Å². The lowest BCUT2D eigenvalue weighted by atomic mass is 9.99. The molecular formula is C12H21N5. The minimum absolute atomic E-state index is 0.670. The topological polar surface area (TPSA) is 67.1 Å². The molecule has 5 nitrogen and oxygen atoms in total. The van der Waals surface area contributed by atoms with Gasteiger partial charge in [0.15, 0.2) is 11.6 Å². The van der Waals surface area contributed by atoms with Crippen molar-refractivity contribution in [3.63, 3.8) is 0 Å². The highest BCUT2D eigenvalue weighted by Crippen LogP contribution is 2.29. The summed E-state index contributed by atoms with van der Waals surface area (Å²) in [5.41, 5.74) is 6.78. The lowest BCUT2D eigenvalue weighted by Crippen LogP contribution is -2.34. The van der Waals surface area contributed by atoms with E-state index in [1.807, 2.05) is 6.92 Å². The normalized spacial score (nSPS) is 17.2. The summed E-state index contributed by atoms with van der Waals surface area (Å²) in [7, 11) is 0. The van der Waals surface area contributed by atoms with Gasteiger partial charge >= 0.3 is 0 Å². The van der Waals surface area contributed by atoms with Crippen molar-refractivity contribution < 1.29 is 0 Å². The zero-order valence-electron chi connectivity index (χ0n) is 10.6. The summed E-state index contributed by atoms with van der Waals surface area (Å²) in [6, 6.07) is 0. The largest absolute Gasteiger partial charge is 0.393 e. The van der Waals surface area contributed by atoms with E-state index in [-0.39, 0.29) is 0 Å². The number of piperidine rings is 1. The highest BCUT2D eigenvalue weighted by Gasteiger charge is 2.20. The van der Waals surface area contributed by atoms with Gasteiger partial charge in [-0.1, -0.05) is 6.92 Å². The molecule has 0 aliphatic carbocycles. The molecule has 3 N–H and O–H groups in total. The van der Waals surface area contributed by atoms with Crippen LogP contribution in [-0.4, -0.2) is 29.6 Å². The first-order valence-corrected chi connectivity index (χ1v) is 6.31. The SMILES string of the molecule is CCNc1ncnc(N2CCC(C)CC2)c1N. The maximum atomic E-state index is 6.11. The van der Waals surface area contributed by atoms with E-state index < -0.39 is 0 Å². The lowest BCUT2D eigenvalue weighted by molar-refractivity contribution is 0.437. The van der Waals surface area contributed by atoms with E-state index in [1.165, 1.54) is 12.8 Å². The molecule has 17 heavy (non-hydrogen) atoms. The second kappa shape index (κ2) is 5.21. The molecule has 0 unspecified atom stereocenters. The maximum absolute atomic E-state index is 6.11. The summed E-state index contributed by atoms with van der Waals surface area (Å²) >= 11 is 0. The molecular weight excluding hydrogens is 214 g/mol. The second-order valence-corrected chi connectivity index (χ2v) is 4.66. The van der Waals surface area contributed by atoms with Crippen LogP contribution in [0.3, 0.4) is 0 Å². The van der Waals surface area contributed by atoms with Gasteiger partial charge in [-0.15, -0.1) is 0 Å². The van der Waals surface area contributed by atoms with E-state index >= 15 is 0 Å². The molecule has 1 saturated heterocycles. The number of rotatable bonds is 3. The number of anilines is 3. The molecule has 0 amide bonds. The van der Waals surface area contributed by atoms with Gasteiger partial charge < -0.3 is 16.0 Å². The van der Waals surface area contributed by atoms with Crippen LogP contribution in [0.1, 0.15) is 26.7 Å². The first kappa shape index (κ1) is 12.0. The molecule has 1 aromatic heterocycles. The summed E-state index contributed by atoms with van der Waals surface area (Å²) in [6.07, 6.45) is 4.00. The standard InChI is InChI=1S/C12H21N5/c1-3-14-11-10(13)12(16-8-15-11)17-6-4-9(2)5-7-17/h8-9H,3-7,13H2,1-2H3,(H,14,15,16). The molecule has 1 aromatic rings. The molecule has 0 spiro atoms. The van der Waals surface area contributed by atoms with Gasteiger partial charge in [0.25, 0.3) is 0 Å². The van der Waals surface area contributed by atoms with Crippen molar-refractivity contribution in [1.29, 1.82) is 0 Å². The Morgan fingerprint density at radius 2 is 2.12 bits per heavy atom. The minimum atomic E-state index is 0.670. The maximum Gasteiger partial charge on any atom is 0.157 e. The zero-order valence-corrected chi connectivity index (χ0v) is 10.6. The average molecular weight is 235 g/mol. The van der Waals surface area contributed by atoms with Crippen LogP contribution in [0.15, 0.2) is 6.33 Å². The molecule has 0 aromatic carbocycles. The fraction of sp³-hybridized carbons (Fsp3) is 0.667. The Morgan fingerprint density at radius 1 is 1.41 bits per heavy atom. The Labute approximate surface area is 102 Å². The summed E-state index contributed by atoms with van der Waals surface area (Å²) < 4.78 is 0. The van der Waals surface area contributed by atoms with Crippen molar-refractivity contribution in [2.75, 3.05) is 35.6 Å². The third kappa shape index (κ3) is 2.60. The quantitative estimate of drug-likeness (QED) is 0.835. The van der Waals surface area contributed by atoms with Gasteiger partial charge in [0.2, 0.25) is 0 Å². The molecule has 1 fully saturated rings. The van der Waals surface area contributed by atoms with Crippen LogP contribution >= 0.6 is 0 Å². The van der Waals surface area contributed by atoms with Crippen LogP contribution in [-0.2, 0) is 0 Å². The summed E-state index contributed by atoms with van der Waals surface area (Å²) in [4.78, 5) is 10.7. The second-order valence-electron chi connectivity index (χ2n) is 4.66. The van der Waals surface area contributed by atoms with E-state index in [1.54, 1.807) is 6.33 Å². The van der Waals surface area contributed by atoms with Gasteiger partial charge in [-0.05, 0) is 25.7 Å². The Bertz CT molecular complexity index is 371. The van der Waals surface area contributed by atoms with Gasteiger partial charge in [0.1, 0.15) is 12.0 Å². The van der Waals surface area contributed by atoms with Crippen LogP contribution < -0.4 is 16.0 Å². The number of aromatic nitrogens is 2. The predicted octanol–water partition coefficient (Wildman–Crippen LogP) is 1.73. The third-order valence-electron chi connectivity index (χ3n) is 3.29. The van der Waals surface area contributed by atoms with Gasteiger partial charge in [-0.2, -0.15) is 0 Å². The molecule has 0 saturated carbocycles. The molecule has 1 aliphatic heterocycles. The van der Waals surface area contributed by atoms with Gasteiger partial charge in [0, 0.05) is 19.6 Å². The average Bonchev–Trinajstić information content (AvgIpc) is 2.34. The number of hydrogen-bond donors (Lipinski definition) is 2. The highest BCUT2D eigenvalue weighted by atomic mass is 15.2. The summed E-state index contributed by atoms with van der Waals surface area (Å²) in [5, 5.41) is 3.16. The fourth-order valence-corrected chi connectivity index (χ4v) is 2.17. The number of nitrogens with two attached hydrogens (primary N) is 1. The number of hydrogen-bond acceptors (Lipinski definition) is 5. The number of nitrogen functional groups attached to an aromatic ring is 1. The van der Waals surface area contributed by atoms with Crippen LogP contribution in [0.2, 0.25) is 0 Å². The molecule has 94 valence electrons. The van der Waals surface area contributed by atoms with Crippen molar-refractivity contribution in [2.24, 2.45) is 5.92 Å². The molecule has 1 aliphatic rings. The van der Waals surface area contributed by atoms with Crippen LogP contribution in [0, 0.1) is 5.92 Å². The predicted molar refractivity (Wildman–Crippen MR) is 71.2 cm³/mol. The van der Waals surface area contributed by atoms with E-state index in [0.717, 1.165) is 37.2 Å². The van der Waals surface area contributed by atoms with E-state index in [9.17, 15) is 0 Å². The molecule has 2 heterocycles. The van der Waals surface area contributed by atoms with E-state index in [0.29, 0.717) is 5.69 Å². The molecule has 0 bridgehead atoms. The Hall–Kier alpha value is -1.52. The number of nitrogens with one attached hydrogen (secondary N) is 1. The summed E-state index contributed by atoms with van der Waals surface area (Å²) in [5.74, 6) is 2.43. The van der Waals surface area contributed by atoms with Crippen LogP contribution in [0.5, 0.6) is 0 Å². The molecule has 2 rings (SSSR count). The van der Waals surface area contributed by atoms with E-state index in [4.69, 9.17) is 5.73 Å². The van der Waals surface area contributed by atoms with Crippen LogP contribution in [0.25, 0.3) is 0 Å².